The lowest BCUT2D eigenvalue weighted by molar-refractivity contribution is -0.148. The van der Waals surface area contributed by atoms with E-state index in [9.17, 15) is 9.59 Å². The van der Waals surface area contributed by atoms with E-state index in [0.717, 1.165) is 16.7 Å². The molecule has 5 nitrogen and oxygen atoms in total. The summed E-state index contributed by atoms with van der Waals surface area (Å²) in [6.07, 6.45) is 3.01. The first kappa shape index (κ1) is 21.2. The highest BCUT2D eigenvalue weighted by Crippen LogP contribution is 2.21. The van der Waals surface area contributed by atoms with Crippen molar-refractivity contribution in [3.8, 4) is 5.75 Å². The van der Waals surface area contributed by atoms with Crippen LogP contribution in [0, 0.1) is 6.92 Å². The maximum Gasteiger partial charge on any atom is 0.308 e. The van der Waals surface area contributed by atoms with Gasteiger partial charge in [-0.3, -0.25) is 9.59 Å². The van der Waals surface area contributed by atoms with Crippen molar-refractivity contribution < 1.29 is 19.1 Å². The Hall–Kier alpha value is -3.08. The van der Waals surface area contributed by atoms with Gasteiger partial charge in [-0.2, -0.15) is 0 Å². The first-order valence-electron chi connectivity index (χ1n) is 9.26. The minimum Gasteiger partial charge on any atom is -0.496 e. The number of nitrogens with one attached hydrogen (secondary N) is 1. The zero-order chi connectivity index (χ0) is 20.5. The Morgan fingerprint density at radius 1 is 1.11 bits per heavy atom. The molecule has 1 amide bonds. The largest absolute Gasteiger partial charge is 0.496 e. The molecule has 1 atom stereocenters. The van der Waals surface area contributed by atoms with Gasteiger partial charge in [0.25, 0.3) is 0 Å². The first-order chi connectivity index (χ1) is 13.4. The molecule has 0 heterocycles. The van der Waals surface area contributed by atoms with Crippen molar-refractivity contribution in [3.05, 3.63) is 71.3 Å². The zero-order valence-electron chi connectivity index (χ0n) is 16.8. The Morgan fingerprint density at radius 3 is 2.46 bits per heavy atom. The summed E-state index contributed by atoms with van der Waals surface area (Å²) in [5, 5.41) is 2.89. The normalized spacial score (nSPS) is 12.0. The third kappa shape index (κ3) is 6.58. The predicted molar refractivity (Wildman–Crippen MR) is 110 cm³/mol. The highest BCUT2D eigenvalue weighted by molar-refractivity contribution is 5.92. The number of benzene rings is 2. The van der Waals surface area contributed by atoms with Crippen molar-refractivity contribution in [2.75, 3.05) is 7.11 Å². The van der Waals surface area contributed by atoms with E-state index in [2.05, 4.69) is 5.32 Å². The van der Waals surface area contributed by atoms with E-state index in [1.807, 2.05) is 55.5 Å². The van der Waals surface area contributed by atoms with Crippen LogP contribution in [0.5, 0.6) is 5.75 Å². The fourth-order valence-electron chi connectivity index (χ4n) is 2.78. The number of esters is 1. The molecule has 2 aromatic carbocycles. The fourth-order valence-corrected chi connectivity index (χ4v) is 2.78. The molecule has 0 bridgehead atoms. The molecule has 0 spiro atoms. The molecule has 0 radical (unpaired) electrons. The second kappa shape index (κ2) is 10.3. The van der Waals surface area contributed by atoms with Crippen LogP contribution in [0.4, 0.5) is 0 Å². The van der Waals surface area contributed by atoms with Gasteiger partial charge in [0.1, 0.15) is 5.75 Å². The van der Waals surface area contributed by atoms with E-state index < -0.39 is 6.04 Å². The average molecular weight is 381 g/mol. The maximum absolute atomic E-state index is 12.5. The zero-order valence-corrected chi connectivity index (χ0v) is 16.8. The number of amides is 1. The van der Waals surface area contributed by atoms with Crippen molar-refractivity contribution in [2.45, 2.75) is 39.3 Å². The Bertz CT molecular complexity index is 828. The molecule has 0 aromatic heterocycles. The summed E-state index contributed by atoms with van der Waals surface area (Å²) in [6.45, 7) is 5.57. The highest BCUT2D eigenvalue weighted by atomic mass is 16.5. The minimum atomic E-state index is -0.469. The van der Waals surface area contributed by atoms with Crippen molar-refractivity contribution in [1.82, 2.24) is 5.32 Å². The molecule has 28 heavy (non-hydrogen) atoms. The minimum absolute atomic E-state index is 0.0650. The van der Waals surface area contributed by atoms with Gasteiger partial charge < -0.3 is 14.8 Å². The average Bonchev–Trinajstić information content (AvgIpc) is 2.66. The lowest BCUT2D eigenvalue weighted by atomic mass is 10.0. The van der Waals surface area contributed by atoms with E-state index in [1.165, 1.54) is 6.08 Å². The van der Waals surface area contributed by atoms with Crippen LogP contribution in [-0.2, 0) is 14.3 Å². The van der Waals surface area contributed by atoms with Crippen LogP contribution in [0.15, 0.2) is 54.6 Å². The molecule has 0 aliphatic carbocycles. The fraction of sp³-hybridized carbons (Fsp3) is 0.304. The molecule has 148 valence electrons. The topological polar surface area (TPSA) is 64.6 Å². The van der Waals surface area contributed by atoms with E-state index in [0.29, 0.717) is 5.75 Å². The van der Waals surface area contributed by atoms with Crippen molar-refractivity contribution in [1.29, 1.82) is 0 Å². The van der Waals surface area contributed by atoms with E-state index >= 15 is 0 Å². The van der Waals surface area contributed by atoms with Crippen LogP contribution in [0.1, 0.15) is 43.0 Å². The summed E-state index contributed by atoms with van der Waals surface area (Å²) in [5.74, 6) is 0.0398. The third-order valence-corrected chi connectivity index (χ3v) is 4.06. The number of hydrogen-bond acceptors (Lipinski definition) is 4. The van der Waals surface area contributed by atoms with Crippen LogP contribution < -0.4 is 10.1 Å². The number of rotatable bonds is 8. The van der Waals surface area contributed by atoms with Crippen molar-refractivity contribution in [3.63, 3.8) is 0 Å². The van der Waals surface area contributed by atoms with Gasteiger partial charge in [-0.15, -0.1) is 0 Å². The molecular formula is C23H27NO4. The van der Waals surface area contributed by atoms with Gasteiger partial charge in [0.05, 0.1) is 25.7 Å². The summed E-state index contributed by atoms with van der Waals surface area (Å²) in [6, 6.07) is 14.7. The van der Waals surface area contributed by atoms with Crippen LogP contribution in [0.3, 0.4) is 0 Å². The molecular weight excluding hydrogens is 354 g/mol. The molecule has 1 N–H and O–H groups in total. The Labute approximate surface area is 166 Å². The monoisotopic (exact) mass is 381 g/mol. The van der Waals surface area contributed by atoms with E-state index in [1.54, 1.807) is 27.0 Å². The van der Waals surface area contributed by atoms with E-state index in [-0.39, 0.29) is 24.4 Å². The molecule has 0 aliphatic heterocycles. The van der Waals surface area contributed by atoms with Crippen LogP contribution in [-0.4, -0.2) is 25.1 Å². The van der Waals surface area contributed by atoms with Crippen molar-refractivity contribution in [2.24, 2.45) is 0 Å². The number of methoxy groups -OCH3 is 1. The Kier molecular flexibility index (Phi) is 7.81. The van der Waals surface area contributed by atoms with Crippen LogP contribution in [0.2, 0.25) is 0 Å². The molecule has 0 saturated heterocycles. The quantitative estimate of drug-likeness (QED) is 0.549. The number of carbonyl (C=O) groups is 2. The van der Waals surface area contributed by atoms with Gasteiger partial charge in [0.15, 0.2) is 0 Å². The number of carbonyl (C=O) groups excluding carboxylic acids is 2. The van der Waals surface area contributed by atoms with Gasteiger partial charge in [-0.05, 0) is 44.5 Å². The molecule has 0 aliphatic rings. The highest BCUT2D eigenvalue weighted by Gasteiger charge is 2.19. The van der Waals surface area contributed by atoms with Gasteiger partial charge in [0, 0.05) is 11.6 Å². The smallest absolute Gasteiger partial charge is 0.308 e. The van der Waals surface area contributed by atoms with Gasteiger partial charge >= 0.3 is 5.97 Å². The van der Waals surface area contributed by atoms with Gasteiger partial charge in [-0.25, -0.2) is 0 Å². The lowest BCUT2D eigenvalue weighted by Crippen LogP contribution is -2.29. The molecule has 0 saturated carbocycles. The molecule has 2 aromatic rings. The third-order valence-electron chi connectivity index (χ3n) is 4.06. The van der Waals surface area contributed by atoms with Gasteiger partial charge in [0.2, 0.25) is 5.91 Å². The lowest BCUT2D eigenvalue weighted by Gasteiger charge is -2.18. The SMILES string of the molecule is COc1ccc(C)cc1C=CC(=O)NC(CC(=O)OC(C)C)c1ccccc1. The summed E-state index contributed by atoms with van der Waals surface area (Å²) >= 11 is 0. The van der Waals surface area contributed by atoms with Crippen LogP contribution in [0.25, 0.3) is 6.08 Å². The van der Waals surface area contributed by atoms with Crippen LogP contribution >= 0.6 is 0 Å². The summed E-state index contributed by atoms with van der Waals surface area (Å²) in [5.41, 5.74) is 2.73. The Morgan fingerprint density at radius 2 is 1.82 bits per heavy atom. The summed E-state index contributed by atoms with van der Waals surface area (Å²) in [4.78, 5) is 24.6. The van der Waals surface area contributed by atoms with Crippen molar-refractivity contribution >= 4 is 18.0 Å². The maximum atomic E-state index is 12.5. The van der Waals surface area contributed by atoms with Gasteiger partial charge in [-0.1, -0.05) is 42.0 Å². The number of aryl methyl sites for hydroxylation is 1. The molecule has 0 fully saturated rings. The predicted octanol–water partition coefficient (Wildman–Crippen LogP) is 4.22. The molecule has 2 rings (SSSR count). The molecule has 5 heteroatoms. The first-order valence-corrected chi connectivity index (χ1v) is 9.26. The second-order valence-electron chi connectivity index (χ2n) is 6.79. The van der Waals surface area contributed by atoms with E-state index in [4.69, 9.17) is 9.47 Å². The summed E-state index contributed by atoms with van der Waals surface area (Å²) in [7, 11) is 1.59. The number of hydrogen-bond donors (Lipinski definition) is 1. The summed E-state index contributed by atoms with van der Waals surface area (Å²) < 4.78 is 10.6. The Balaban J connectivity index is 2.14. The number of ether oxygens (including phenoxy) is 2. The standard InChI is InChI=1S/C23H27NO4/c1-16(2)28-23(26)15-20(18-8-6-5-7-9-18)24-22(25)13-11-19-14-17(3)10-12-21(19)27-4/h5-14,16,20H,15H2,1-4H3,(H,24,25). The second-order valence-corrected chi connectivity index (χ2v) is 6.79. The molecule has 1 unspecified atom stereocenters.